The Kier molecular flexibility index (Phi) is 4.95. The van der Waals surface area contributed by atoms with E-state index in [2.05, 4.69) is 34.8 Å². The van der Waals surface area contributed by atoms with Gasteiger partial charge in [0.05, 0.1) is 17.0 Å². The number of nitrogens with one attached hydrogen (secondary N) is 1. The number of rotatable bonds is 4. The molecule has 19 heavy (non-hydrogen) atoms. The highest BCUT2D eigenvalue weighted by Gasteiger charge is 2.32. The van der Waals surface area contributed by atoms with Crippen LogP contribution >= 0.6 is 22.6 Å². The largest absolute Gasteiger partial charge is 0.397 e. The molecule has 1 aromatic rings. The summed E-state index contributed by atoms with van der Waals surface area (Å²) in [6, 6.07) is 5.95. The van der Waals surface area contributed by atoms with E-state index in [1.165, 1.54) is 6.42 Å². The van der Waals surface area contributed by atoms with Gasteiger partial charge in [0.1, 0.15) is 0 Å². The summed E-state index contributed by atoms with van der Waals surface area (Å²) in [5.74, 6) is 0.795. The monoisotopic (exact) mass is 374 g/mol. The van der Waals surface area contributed by atoms with Crippen molar-refractivity contribution in [1.29, 1.82) is 0 Å². The minimum Gasteiger partial charge on any atom is -0.397 e. The van der Waals surface area contributed by atoms with E-state index in [1.807, 2.05) is 18.2 Å². The number of aliphatic hydroxyl groups is 1. The third kappa shape index (κ3) is 3.99. The third-order valence-electron chi connectivity index (χ3n) is 4.23. The molecule has 1 aliphatic rings. The van der Waals surface area contributed by atoms with Crippen molar-refractivity contribution in [2.75, 3.05) is 17.6 Å². The quantitative estimate of drug-likeness (QED) is 0.557. The highest BCUT2D eigenvalue weighted by Crippen LogP contribution is 2.34. The van der Waals surface area contributed by atoms with Crippen molar-refractivity contribution in [3.8, 4) is 0 Å². The van der Waals surface area contributed by atoms with E-state index >= 15 is 0 Å². The standard InChI is InChI=1S/C15H23IN2O/c1-2-11-5-7-15(19,8-6-11)10-18-14-4-3-12(16)9-13(14)17/h3-4,9,11,18-19H,2,5-8,10,17H2,1H3. The topological polar surface area (TPSA) is 58.3 Å². The second-order valence-electron chi connectivity index (χ2n) is 5.66. The molecule has 2 rings (SSSR count). The molecular formula is C15H23IN2O. The maximum atomic E-state index is 10.6. The van der Waals surface area contributed by atoms with Gasteiger partial charge in [-0.25, -0.2) is 0 Å². The molecule has 1 aromatic carbocycles. The van der Waals surface area contributed by atoms with E-state index in [4.69, 9.17) is 5.73 Å². The van der Waals surface area contributed by atoms with E-state index in [-0.39, 0.29) is 0 Å². The Bertz CT molecular complexity index is 428. The Balaban J connectivity index is 1.91. The zero-order valence-corrected chi connectivity index (χ0v) is 13.6. The normalized spacial score (nSPS) is 27.2. The molecule has 3 nitrogen and oxygen atoms in total. The molecule has 0 radical (unpaired) electrons. The van der Waals surface area contributed by atoms with Gasteiger partial charge >= 0.3 is 0 Å². The van der Waals surface area contributed by atoms with Gasteiger partial charge in [-0.1, -0.05) is 13.3 Å². The Morgan fingerprint density at radius 3 is 2.68 bits per heavy atom. The molecule has 0 heterocycles. The van der Waals surface area contributed by atoms with Gasteiger partial charge in [0, 0.05) is 10.1 Å². The van der Waals surface area contributed by atoms with Crippen molar-refractivity contribution < 1.29 is 5.11 Å². The first kappa shape index (κ1) is 14.9. The Morgan fingerprint density at radius 1 is 1.42 bits per heavy atom. The first-order valence-corrected chi connectivity index (χ1v) is 8.11. The molecule has 4 heteroatoms. The first-order valence-electron chi connectivity index (χ1n) is 7.04. The maximum Gasteiger partial charge on any atom is 0.0819 e. The lowest BCUT2D eigenvalue weighted by Gasteiger charge is -2.36. The van der Waals surface area contributed by atoms with Gasteiger partial charge in [0.2, 0.25) is 0 Å². The molecule has 0 bridgehead atoms. The van der Waals surface area contributed by atoms with E-state index in [9.17, 15) is 5.11 Å². The van der Waals surface area contributed by atoms with E-state index < -0.39 is 5.60 Å². The number of hydrogen-bond acceptors (Lipinski definition) is 3. The second-order valence-corrected chi connectivity index (χ2v) is 6.91. The first-order chi connectivity index (χ1) is 9.02. The van der Waals surface area contributed by atoms with Gasteiger partial charge in [0.15, 0.2) is 0 Å². The van der Waals surface area contributed by atoms with Gasteiger partial charge < -0.3 is 16.2 Å². The van der Waals surface area contributed by atoms with Gasteiger partial charge in [-0.05, 0) is 72.4 Å². The van der Waals surface area contributed by atoms with Crippen LogP contribution < -0.4 is 11.1 Å². The van der Waals surface area contributed by atoms with Crippen LogP contribution in [0.3, 0.4) is 0 Å². The van der Waals surface area contributed by atoms with Crippen LogP contribution in [0, 0.1) is 9.49 Å². The molecule has 0 atom stereocenters. The van der Waals surface area contributed by atoms with Crippen molar-refractivity contribution >= 4 is 34.0 Å². The van der Waals surface area contributed by atoms with Gasteiger partial charge in [-0.15, -0.1) is 0 Å². The fourth-order valence-electron chi connectivity index (χ4n) is 2.75. The Morgan fingerprint density at radius 2 is 2.11 bits per heavy atom. The minimum atomic E-state index is -0.568. The minimum absolute atomic E-state index is 0.568. The van der Waals surface area contributed by atoms with Crippen LogP contribution in [0.1, 0.15) is 39.0 Å². The lowest BCUT2D eigenvalue weighted by atomic mass is 9.78. The fraction of sp³-hybridized carbons (Fsp3) is 0.600. The summed E-state index contributed by atoms with van der Waals surface area (Å²) >= 11 is 2.25. The average molecular weight is 374 g/mol. The third-order valence-corrected chi connectivity index (χ3v) is 4.91. The van der Waals surface area contributed by atoms with Crippen LogP contribution in [0.5, 0.6) is 0 Å². The second kappa shape index (κ2) is 6.31. The summed E-state index contributed by atoms with van der Waals surface area (Å²) in [5, 5.41) is 13.9. The predicted octanol–water partition coefficient (Wildman–Crippen LogP) is 3.62. The number of nitrogens with two attached hydrogens (primary N) is 1. The summed E-state index contributed by atoms with van der Waals surface area (Å²) in [4.78, 5) is 0. The van der Waals surface area contributed by atoms with E-state index in [0.29, 0.717) is 6.54 Å². The SMILES string of the molecule is CCC1CCC(O)(CNc2ccc(I)cc2N)CC1. The van der Waals surface area contributed by atoms with Gasteiger partial charge in [-0.2, -0.15) is 0 Å². The predicted molar refractivity (Wildman–Crippen MR) is 89.3 cm³/mol. The van der Waals surface area contributed by atoms with Crippen molar-refractivity contribution in [1.82, 2.24) is 0 Å². The molecular weight excluding hydrogens is 351 g/mol. The van der Waals surface area contributed by atoms with Crippen LogP contribution in [-0.2, 0) is 0 Å². The number of halogens is 1. The molecule has 0 aromatic heterocycles. The highest BCUT2D eigenvalue weighted by atomic mass is 127. The van der Waals surface area contributed by atoms with Crippen LogP contribution in [0.4, 0.5) is 11.4 Å². The average Bonchev–Trinajstić information content (AvgIpc) is 2.39. The maximum absolute atomic E-state index is 10.6. The Hall–Kier alpha value is -0.490. The highest BCUT2D eigenvalue weighted by molar-refractivity contribution is 14.1. The van der Waals surface area contributed by atoms with Crippen molar-refractivity contribution in [3.05, 3.63) is 21.8 Å². The lowest BCUT2D eigenvalue weighted by Crippen LogP contribution is -2.40. The molecule has 0 spiro atoms. The summed E-state index contributed by atoms with van der Waals surface area (Å²) in [5.41, 5.74) is 7.08. The summed E-state index contributed by atoms with van der Waals surface area (Å²) < 4.78 is 1.13. The van der Waals surface area contributed by atoms with Gasteiger partial charge in [0.25, 0.3) is 0 Å². The number of anilines is 2. The van der Waals surface area contributed by atoms with Crippen molar-refractivity contribution in [2.24, 2.45) is 5.92 Å². The number of nitrogen functional groups attached to an aromatic ring is 1. The van der Waals surface area contributed by atoms with E-state index in [0.717, 1.165) is 46.5 Å². The van der Waals surface area contributed by atoms with Crippen molar-refractivity contribution in [3.63, 3.8) is 0 Å². The van der Waals surface area contributed by atoms with E-state index in [1.54, 1.807) is 0 Å². The Labute approximate surface area is 129 Å². The van der Waals surface area contributed by atoms with Crippen LogP contribution in [-0.4, -0.2) is 17.3 Å². The molecule has 0 amide bonds. The van der Waals surface area contributed by atoms with Crippen LogP contribution in [0.25, 0.3) is 0 Å². The molecule has 1 saturated carbocycles. The van der Waals surface area contributed by atoms with Crippen LogP contribution in [0.2, 0.25) is 0 Å². The molecule has 4 N–H and O–H groups in total. The molecule has 0 aliphatic heterocycles. The number of benzene rings is 1. The fourth-order valence-corrected chi connectivity index (χ4v) is 3.27. The van der Waals surface area contributed by atoms with Crippen molar-refractivity contribution in [2.45, 2.75) is 44.6 Å². The zero-order valence-electron chi connectivity index (χ0n) is 11.5. The molecule has 106 valence electrons. The molecule has 0 unspecified atom stereocenters. The molecule has 1 fully saturated rings. The number of hydrogen-bond donors (Lipinski definition) is 3. The summed E-state index contributed by atoms with van der Waals surface area (Å²) in [7, 11) is 0. The lowest BCUT2D eigenvalue weighted by molar-refractivity contribution is 0.00231. The smallest absolute Gasteiger partial charge is 0.0819 e. The zero-order chi connectivity index (χ0) is 13.9. The molecule has 0 saturated heterocycles. The summed E-state index contributed by atoms with van der Waals surface area (Å²) in [6.07, 6.45) is 5.28. The van der Waals surface area contributed by atoms with Crippen LogP contribution in [0.15, 0.2) is 18.2 Å². The summed E-state index contributed by atoms with van der Waals surface area (Å²) in [6.45, 7) is 2.83. The van der Waals surface area contributed by atoms with Gasteiger partial charge in [-0.3, -0.25) is 0 Å². The molecule has 1 aliphatic carbocycles.